The van der Waals surface area contributed by atoms with Gasteiger partial charge in [0, 0.05) is 12.0 Å². The van der Waals surface area contributed by atoms with Crippen LogP contribution in [0.5, 0.6) is 0 Å². The van der Waals surface area contributed by atoms with Crippen LogP contribution in [0.15, 0.2) is 18.2 Å². The van der Waals surface area contributed by atoms with Crippen LogP contribution in [0.3, 0.4) is 0 Å². The molecule has 0 radical (unpaired) electrons. The van der Waals surface area contributed by atoms with Crippen molar-refractivity contribution in [3.05, 3.63) is 29.8 Å². The second-order valence-electron chi connectivity index (χ2n) is 5.57. The lowest BCUT2D eigenvalue weighted by Gasteiger charge is -2.24. The molecule has 3 nitrogen and oxygen atoms in total. The van der Waals surface area contributed by atoms with Gasteiger partial charge in [0.05, 0.1) is 5.52 Å². The van der Waals surface area contributed by atoms with E-state index in [0.717, 1.165) is 37.3 Å². The molecule has 0 amide bonds. The molecule has 1 saturated heterocycles. The average molecular weight is 261 g/mol. The van der Waals surface area contributed by atoms with Crippen molar-refractivity contribution in [3.63, 3.8) is 0 Å². The molecule has 1 aromatic heterocycles. The summed E-state index contributed by atoms with van der Waals surface area (Å²) in [6.45, 7) is 6.32. The summed E-state index contributed by atoms with van der Waals surface area (Å²) in [5, 5.41) is 3.37. The third-order valence-electron chi connectivity index (χ3n) is 3.92. The molecule has 1 aliphatic rings. The van der Waals surface area contributed by atoms with E-state index in [1.54, 1.807) is 6.07 Å². The van der Waals surface area contributed by atoms with Crippen molar-refractivity contribution in [3.8, 4) is 0 Å². The zero-order valence-electron chi connectivity index (χ0n) is 11.5. The van der Waals surface area contributed by atoms with Gasteiger partial charge in [-0.05, 0) is 51.9 Å². The van der Waals surface area contributed by atoms with E-state index in [1.165, 1.54) is 6.07 Å². The summed E-state index contributed by atoms with van der Waals surface area (Å²) >= 11 is 0. The normalized spacial score (nSPS) is 17.5. The first-order valence-corrected chi connectivity index (χ1v) is 7.05. The number of hydrogen-bond acceptors (Lipinski definition) is 2. The standard InChI is InChI=1S/C15H20FN3/c1-10(2)19-13-5-3-4-12(16)14(13)18-15(19)11-6-8-17-9-7-11/h3-5,10-11,17H,6-9H2,1-2H3. The highest BCUT2D eigenvalue weighted by molar-refractivity contribution is 5.77. The summed E-state index contributed by atoms with van der Waals surface area (Å²) in [6.07, 6.45) is 2.16. The maximum Gasteiger partial charge on any atom is 0.151 e. The van der Waals surface area contributed by atoms with Crippen LogP contribution in [-0.2, 0) is 0 Å². The Morgan fingerprint density at radius 1 is 1.32 bits per heavy atom. The van der Waals surface area contributed by atoms with Gasteiger partial charge < -0.3 is 9.88 Å². The summed E-state index contributed by atoms with van der Waals surface area (Å²) in [5.41, 5.74) is 1.44. The van der Waals surface area contributed by atoms with Crippen molar-refractivity contribution < 1.29 is 4.39 Å². The highest BCUT2D eigenvalue weighted by Gasteiger charge is 2.24. The molecule has 0 atom stereocenters. The Hall–Kier alpha value is -1.42. The van der Waals surface area contributed by atoms with Gasteiger partial charge in [0.15, 0.2) is 5.82 Å². The molecule has 2 aromatic rings. The molecule has 1 fully saturated rings. The Bertz CT molecular complexity index is 582. The average Bonchev–Trinajstić information content (AvgIpc) is 2.81. The van der Waals surface area contributed by atoms with E-state index in [0.29, 0.717) is 17.5 Å². The Kier molecular flexibility index (Phi) is 3.27. The molecule has 2 heterocycles. The number of benzene rings is 1. The van der Waals surface area contributed by atoms with Gasteiger partial charge in [-0.1, -0.05) is 6.07 Å². The number of nitrogens with one attached hydrogen (secondary N) is 1. The minimum Gasteiger partial charge on any atom is -0.325 e. The van der Waals surface area contributed by atoms with Gasteiger partial charge in [-0.2, -0.15) is 0 Å². The largest absolute Gasteiger partial charge is 0.325 e. The van der Waals surface area contributed by atoms with Crippen LogP contribution in [-0.4, -0.2) is 22.6 Å². The third-order valence-corrected chi connectivity index (χ3v) is 3.92. The molecule has 102 valence electrons. The number of aromatic nitrogens is 2. The van der Waals surface area contributed by atoms with E-state index in [9.17, 15) is 4.39 Å². The van der Waals surface area contributed by atoms with Crippen LogP contribution in [0, 0.1) is 5.82 Å². The molecule has 4 heteroatoms. The van der Waals surface area contributed by atoms with Gasteiger partial charge in [0.1, 0.15) is 11.3 Å². The van der Waals surface area contributed by atoms with Gasteiger partial charge in [-0.25, -0.2) is 9.37 Å². The fourth-order valence-electron chi connectivity index (χ4n) is 3.01. The summed E-state index contributed by atoms with van der Waals surface area (Å²) in [6, 6.07) is 5.53. The SMILES string of the molecule is CC(C)n1c(C2CCNCC2)nc2c(F)cccc21. The first-order valence-electron chi connectivity index (χ1n) is 7.05. The van der Waals surface area contributed by atoms with E-state index in [4.69, 9.17) is 0 Å². The van der Waals surface area contributed by atoms with E-state index in [-0.39, 0.29) is 5.82 Å². The summed E-state index contributed by atoms with van der Waals surface area (Å²) in [4.78, 5) is 4.62. The van der Waals surface area contributed by atoms with Gasteiger partial charge in [-0.15, -0.1) is 0 Å². The second-order valence-corrected chi connectivity index (χ2v) is 5.57. The lowest BCUT2D eigenvalue weighted by Crippen LogP contribution is -2.28. The second kappa shape index (κ2) is 4.93. The molecular formula is C15H20FN3. The van der Waals surface area contributed by atoms with Crippen LogP contribution in [0.1, 0.15) is 44.5 Å². The lowest BCUT2D eigenvalue weighted by atomic mass is 9.97. The molecule has 3 rings (SSSR count). The molecule has 0 unspecified atom stereocenters. The van der Waals surface area contributed by atoms with Gasteiger partial charge in [-0.3, -0.25) is 0 Å². The van der Waals surface area contributed by atoms with Crippen LogP contribution in [0.25, 0.3) is 11.0 Å². The molecule has 0 spiro atoms. The predicted octanol–water partition coefficient (Wildman–Crippen LogP) is 3.22. The smallest absolute Gasteiger partial charge is 0.151 e. The molecule has 0 saturated carbocycles. The Labute approximate surface area is 112 Å². The summed E-state index contributed by atoms with van der Waals surface area (Å²) in [5.74, 6) is 1.28. The molecule has 1 aliphatic heterocycles. The van der Waals surface area contributed by atoms with Crippen molar-refractivity contribution in [1.82, 2.24) is 14.9 Å². The van der Waals surface area contributed by atoms with E-state index in [1.807, 2.05) is 6.07 Å². The van der Waals surface area contributed by atoms with Crippen molar-refractivity contribution >= 4 is 11.0 Å². The molecule has 1 aromatic carbocycles. The molecule has 0 bridgehead atoms. The summed E-state index contributed by atoms with van der Waals surface area (Å²) < 4.78 is 16.1. The number of hydrogen-bond donors (Lipinski definition) is 1. The van der Waals surface area contributed by atoms with Crippen LogP contribution in [0.2, 0.25) is 0 Å². The molecule has 1 N–H and O–H groups in total. The number of para-hydroxylation sites is 1. The molecule has 0 aliphatic carbocycles. The molecular weight excluding hydrogens is 241 g/mol. The Morgan fingerprint density at radius 3 is 2.74 bits per heavy atom. The maximum atomic E-state index is 13.9. The number of fused-ring (bicyclic) bond motifs is 1. The zero-order chi connectivity index (χ0) is 13.4. The van der Waals surface area contributed by atoms with Crippen molar-refractivity contribution in [1.29, 1.82) is 0 Å². The minimum absolute atomic E-state index is 0.216. The maximum absolute atomic E-state index is 13.9. The van der Waals surface area contributed by atoms with Gasteiger partial charge in [0.2, 0.25) is 0 Å². The Balaban J connectivity index is 2.17. The number of piperidine rings is 1. The van der Waals surface area contributed by atoms with E-state index >= 15 is 0 Å². The van der Waals surface area contributed by atoms with E-state index < -0.39 is 0 Å². The van der Waals surface area contributed by atoms with Gasteiger partial charge in [0.25, 0.3) is 0 Å². The zero-order valence-corrected chi connectivity index (χ0v) is 11.5. The number of imidazole rings is 1. The fraction of sp³-hybridized carbons (Fsp3) is 0.533. The van der Waals surface area contributed by atoms with Gasteiger partial charge >= 0.3 is 0 Å². The number of nitrogens with zero attached hydrogens (tertiary/aromatic N) is 2. The fourth-order valence-corrected chi connectivity index (χ4v) is 3.01. The topological polar surface area (TPSA) is 29.9 Å². The van der Waals surface area contributed by atoms with Crippen LogP contribution in [0.4, 0.5) is 4.39 Å². The Morgan fingerprint density at radius 2 is 2.05 bits per heavy atom. The van der Waals surface area contributed by atoms with Crippen molar-refractivity contribution in [2.75, 3.05) is 13.1 Å². The summed E-state index contributed by atoms with van der Waals surface area (Å²) in [7, 11) is 0. The molecule has 19 heavy (non-hydrogen) atoms. The highest BCUT2D eigenvalue weighted by Crippen LogP contribution is 2.31. The first-order chi connectivity index (χ1) is 9.18. The lowest BCUT2D eigenvalue weighted by molar-refractivity contribution is 0.423. The number of halogens is 1. The number of rotatable bonds is 2. The van der Waals surface area contributed by atoms with Crippen LogP contribution < -0.4 is 5.32 Å². The van der Waals surface area contributed by atoms with E-state index in [2.05, 4.69) is 28.7 Å². The van der Waals surface area contributed by atoms with Crippen molar-refractivity contribution in [2.45, 2.75) is 38.6 Å². The predicted molar refractivity (Wildman–Crippen MR) is 74.9 cm³/mol. The highest BCUT2D eigenvalue weighted by atomic mass is 19.1. The minimum atomic E-state index is -0.216. The monoisotopic (exact) mass is 261 g/mol. The first kappa shape index (κ1) is 12.6. The van der Waals surface area contributed by atoms with Crippen molar-refractivity contribution in [2.24, 2.45) is 0 Å². The quantitative estimate of drug-likeness (QED) is 0.899. The third kappa shape index (κ3) is 2.14. The van der Waals surface area contributed by atoms with Crippen LogP contribution >= 0.6 is 0 Å².